The van der Waals surface area contributed by atoms with E-state index in [1.807, 2.05) is 0 Å². The molecule has 0 radical (unpaired) electrons. The molecule has 0 aromatic heterocycles. The fourth-order valence-corrected chi connectivity index (χ4v) is 1.80. The molecule has 0 heterocycles. The lowest BCUT2D eigenvalue weighted by atomic mass is 10.2. The van der Waals surface area contributed by atoms with Gasteiger partial charge in [-0.15, -0.1) is 0 Å². The number of hydrogen-bond acceptors (Lipinski definition) is 1. The summed E-state index contributed by atoms with van der Waals surface area (Å²) in [5.74, 6) is 0. The maximum Gasteiger partial charge on any atom is 0.218 e. The first kappa shape index (κ1) is 13.2. The molecule has 0 bridgehead atoms. The summed E-state index contributed by atoms with van der Waals surface area (Å²) in [5, 5.41) is 13.3. The Balaban J connectivity index is 2.32. The van der Waals surface area contributed by atoms with Crippen LogP contribution in [0, 0.1) is 5.21 Å². The van der Waals surface area contributed by atoms with Gasteiger partial charge in [0.05, 0.1) is 10.0 Å². The molecule has 0 aliphatic heterocycles. The second-order valence-corrected chi connectivity index (χ2v) is 4.86. The Morgan fingerprint density at radius 3 is 2.17 bits per heavy atom. The highest BCUT2D eigenvalue weighted by Gasteiger charge is 2.05. The van der Waals surface area contributed by atoms with Crippen molar-refractivity contribution in [3.05, 3.63) is 68.3 Å². The highest BCUT2D eigenvalue weighted by Crippen LogP contribution is 2.26. The maximum absolute atomic E-state index is 11.9. The molecule has 2 rings (SSSR count). The van der Waals surface area contributed by atoms with Crippen molar-refractivity contribution in [1.29, 1.82) is 0 Å². The van der Waals surface area contributed by atoms with Gasteiger partial charge in [0.2, 0.25) is 5.69 Å². The van der Waals surface area contributed by atoms with Crippen LogP contribution < -0.4 is 0 Å². The third-order valence-electron chi connectivity index (χ3n) is 2.29. The molecular weight excluding hydrogens is 293 g/mol. The summed E-state index contributed by atoms with van der Waals surface area (Å²) in [6.45, 7) is 0. The Bertz CT molecular complexity index is 594. The Hall–Kier alpha value is -1.22. The van der Waals surface area contributed by atoms with E-state index in [9.17, 15) is 5.21 Å². The topological polar surface area (TPSA) is 26.1 Å². The molecule has 2 aromatic carbocycles. The molecule has 0 N–H and O–H groups in total. The molecule has 0 aliphatic carbocycles. The van der Waals surface area contributed by atoms with Crippen molar-refractivity contribution in [1.82, 2.24) is 0 Å². The number of nitrogens with zero attached hydrogens (tertiary/aromatic N) is 1. The van der Waals surface area contributed by atoms with Crippen molar-refractivity contribution in [2.24, 2.45) is 0 Å². The molecule has 0 unspecified atom stereocenters. The number of benzene rings is 2. The first-order chi connectivity index (χ1) is 8.56. The first-order valence-corrected chi connectivity index (χ1v) is 6.21. The van der Waals surface area contributed by atoms with Gasteiger partial charge in [0.25, 0.3) is 0 Å². The zero-order valence-corrected chi connectivity index (χ0v) is 11.4. The predicted molar refractivity (Wildman–Crippen MR) is 76.4 cm³/mol. The molecule has 5 heteroatoms. The summed E-state index contributed by atoms with van der Waals surface area (Å²) in [6, 6.07) is 11.7. The lowest BCUT2D eigenvalue weighted by molar-refractivity contribution is -0.354. The summed E-state index contributed by atoms with van der Waals surface area (Å²) >= 11 is 17.4. The van der Waals surface area contributed by atoms with Crippen molar-refractivity contribution in [2.45, 2.75) is 0 Å². The molecule has 0 aliphatic rings. The molecule has 92 valence electrons. The van der Waals surface area contributed by atoms with Crippen LogP contribution >= 0.6 is 34.8 Å². The van der Waals surface area contributed by atoms with Gasteiger partial charge in [0, 0.05) is 22.7 Å². The highest BCUT2D eigenvalue weighted by molar-refractivity contribution is 6.42. The zero-order chi connectivity index (χ0) is 13.1. The van der Waals surface area contributed by atoms with E-state index in [-0.39, 0.29) is 0 Å². The van der Waals surface area contributed by atoms with E-state index in [1.54, 1.807) is 36.4 Å². The van der Waals surface area contributed by atoms with Crippen LogP contribution in [0.1, 0.15) is 5.56 Å². The van der Waals surface area contributed by atoms with Crippen molar-refractivity contribution in [3.8, 4) is 0 Å². The van der Waals surface area contributed by atoms with Crippen LogP contribution in [0.2, 0.25) is 15.1 Å². The van der Waals surface area contributed by atoms with Crippen LogP contribution in [0.25, 0.3) is 0 Å². The summed E-state index contributed by atoms with van der Waals surface area (Å²) < 4.78 is 0.728. The van der Waals surface area contributed by atoms with Gasteiger partial charge in [-0.25, -0.2) is 0 Å². The lowest BCUT2D eigenvalue weighted by Crippen LogP contribution is -1.98. The lowest BCUT2D eigenvalue weighted by Gasteiger charge is -2.04. The Morgan fingerprint density at radius 1 is 0.889 bits per heavy atom. The van der Waals surface area contributed by atoms with Gasteiger partial charge in [-0.05, 0) is 30.3 Å². The SMILES string of the molecule is [O-][N+](=Cc1ccc(Cl)cc1)c1ccc(Cl)c(Cl)c1. The van der Waals surface area contributed by atoms with Crippen LogP contribution in [-0.4, -0.2) is 11.0 Å². The van der Waals surface area contributed by atoms with E-state index >= 15 is 0 Å². The van der Waals surface area contributed by atoms with Crippen molar-refractivity contribution >= 4 is 46.7 Å². The molecule has 0 saturated carbocycles. The van der Waals surface area contributed by atoms with E-state index in [0.717, 1.165) is 10.3 Å². The summed E-state index contributed by atoms with van der Waals surface area (Å²) in [7, 11) is 0. The monoisotopic (exact) mass is 299 g/mol. The third-order valence-corrected chi connectivity index (χ3v) is 3.29. The standard InChI is InChI=1S/C13H8Cl3NO/c14-10-3-1-9(2-4-10)8-17(18)11-5-6-12(15)13(16)7-11/h1-8H. The van der Waals surface area contributed by atoms with Gasteiger partial charge in [-0.1, -0.05) is 34.8 Å². The van der Waals surface area contributed by atoms with Gasteiger partial charge in [0.1, 0.15) is 0 Å². The van der Waals surface area contributed by atoms with Gasteiger partial charge in [-0.2, -0.15) is 4.74 Å². The average Bonchev–Trinajstić information content (AvgIpc) is 2.35. The predicted octanol–water partition coefficient (Wildman–Crippen LogP) is 4.91. The third kappa shape index (κ3) is 3.16. The van der Waals surface area contributed by atoms with E-state index in [4.69, 9.17) is 34.8 Å². The summed E-state index contributed by atoms with van der Waals surface area (Å²) in [4.78, 5) is 0. The second-order valence-electron chi connectivity index (χ2n) is 3.60. The molecule has 2 aromatic rings. The van der Waals surface area contributed by atoms with Gasteiger partial charge in [-0.3, -0.25) is 0 Å². The Morgan fingerprint density at radius 2 is 1.56 bits per heavy atom. The molecule has 0 atom stereocenters. The fraction of sp³-hybridized carbons (Fsp3) is 0. The van der Waals surface area contributed by atoms with Crippen LogP contribution in [0.15, 0.2) is 42.5 Å². The quantitative estimate of drug-likeness (QED) is 0.335. The normalized spacial score (nSPS) is 11.6. The van der Waals surface area contributed by atoms with Crippen LogP contribution in [0.5, 0.6) is 0 Å². The van der Waals surface area contributed by atoms with Crippen LogP contribution in [0.4, 0.5) is 5.69 Å². The van der Waals surface area contributed by atoms with Crippen molar-refractivity contribution < 1.29 is 4.74 Å². The number of hydrogen-bond donors (Lipinski definition) is 0. The largest absolute Gasteiger partial charge is 0.618 e. The van der Waals surface area contributed by atoms with Gasteiger partial charge < -0.3 is 5.21 Å². The smallest absolute Gasteiger partial charge is 0.218 e. The van der Waals surface area contributed by atoms with Crippen molar-refractivity contribution in [3.63, 3.8) is 0 Å². The first-order valence-electron chi connectivity index (χ1n) is 5.08. The summed E-state index contributed by atoms with van der Waals surface area (Å²) in [6.07, 6.45) is 1.44. The summed E-state index contributed by atoms with van der Waals surface area (Å²) in [5.41, 5.74) is 1.17. The van der Waals surface area contributed by atoms with Crippen molar-refractivity contribution in [2.75, 3.05) is 0 Å². The van der Waals surface area contributed by atoms with E-state index < -0.39 is 0 Å². The minimum absolute atomic E-state index is 0.347. The minimum Gasteiger partial charge on any atom is -0.618 e. The number of rotatable bonds is 2. The van der Waals surface area contributed by atoms with E-state index in [1.165, 1.54) is 12.3 Å². The molecule has 0 amide bonds. The van der Waals surface area contributed by atoms with E-state index in [2.05, 4.69) is 0 Å². The fourth-order valence-electron chi connectivity index (χ4n) is 1.38. The second kappa shape index (κ2) is 5.61. The molecular formula is C13H8Cl3NO. The van der Waals surface area contributed by atoms with E-state index in [0.29, 0.717) is 20.8 Å². The van der Waals surface area contributed by atoms with Crippen LogP contribution in [-0.2, 0) is 0 Å². The van der Waals surface area contributed by atoms with Crippen LogP contribution in [0.3, 0.4) is 0 Å². The highest BCUT2D eigenvalue weighted by atomic mass is 35.5. The number of halogens is 3. The molecule has 0 spiro atoms. The molecule has 0 saturated heterocycles. The molecule has 2 nitrogen and oxygen atoms in total. The van der Waals surface area contributed by atoms with Gasteiger partial charge >= 0.3 is 0 Å². The molecule has 0 fully saturated rings. The molecule has 18 heavy (non-hydrogen) atoms. The Kier molecular flexibility index (Phi) is 4.12. The zero-order valence-electron chi connectivity index (χ0n) is 9.11. The maximum atomic E-state index is 11.9. The average molecular weight is 301 g/mol. The Labute approximate surface area is 120 Å². The van der Waals surface area contributed by atoms with Gasteiger partial charge in [0.15, 0.2) is 6.21 Å². The minimum atomic E-state index is 0.347.